The molecular weight excluding hydrogens is 336 g/mol. The van der Waals surface area contributed by atoms with Crippen molar-refractivity contribution in [1.29, 1.82) is 0 Å². The van der Waals surface area contributed by atoms with Crippen molar-refractivity contribution >= 4 is 33.5 Å². The van der Waals surface area contributed by atoms with Gasteiger partial charge < -0.3 is 15.7 Å². The van der Waals surface area contributed by atoms with E-state index in [0.717, 1.165) is 13.0 Å². The number of para-hydroxylation sites is 1. The number of anilines is 1. The van der Waals surface area contributed by atoms with Gasteiger partial charge in [0.1, 0.15) is 0 Å². The van der Waals surface area contributed by atoms with Crippen molar-refractivity contribution in [2.24, 2.45) is 11.8 Å². The quantitative estimate of drug-likeness (QED) is 0.780. The molecule has 0 bridgehead atoms. The summed E-state index contributed by atoms with van der Waals surface area (Å²) in [6.45, 7) is 0.879. The van der Waals surface area contributed by atoms with Gasteiger partial charge in [-0.3, -0.25) is 4.79 Å². The summed E-state index contributed by atoms with van der Waals surface area (Å²) in [6.07, 6.45) is 3.42. The number of carbonyl (C=O) groups is 2. The molecule has 1 aliphatic carbocycles. The fourth-order valence-electron chi connectivity index (χ4n) is 3.50. The SMILES string of the molecule is O=C(O)c1cccc(Br)c1NC(=O)C1NCC2CCCC21. The van der Waals surface area contributed by atoms with Crippen molar-refractivity contribution in [2.45, 2.75) is 25.3 Å². The maximum Gasteiger partial charge on any atom is 0.337 e. The van der Waals surface area contributed by atoms with Crippen LogP contribution in [-0.4, -0.2) is 29.6 Å². The molecule has 6 heteroatoms. The zero-order valence-electron chi connectivity index (χ0n) is 11.4. The van der Waals surface area contributed by atoms with Crippen LogP contribution in [0.15, 0.2) is 22.7 Å². The number of amides is 1. The van der Waals surface area contributed by atoms with Crippen molar-refractivity contribution < 1.29 is 14.7 Å². The zero-order chi connectivity index (χ0) is 15.0. The number of rotatable bonds is 3. The number of carboxylic acids is 1. The van der Waals surface area contributed by atoms with E-state index in [4.69, 9.17) is 0 Å². The normalized spacial score (nSPS) is 27.4. The lowest BCUT2D eigenvalue weighted by atomic mass is 9.93. The van der Waals surface area contributed by atoms with E-state index < -0.39 is 5.97 Å². The number of aromatic carboxylic acids is 1. The molecule has 3 rings (SSSR count). The van der Waals surface area contributed by atoms with Crippen LogP contribution in [0.25, 0.3) is 0 Å². The van der Waals surface area contributed by atoms with Crippen molar-refractivity contribution in [2.75, 3.05) is 11.9 Å². The second-order valence-electron chi connectivity index (χ2n) is 5.70. The lowest BCUT2D eigenvalue weighted by Gasteiger charge is -2.19. The molecule has 0 aromatic heterocycles. The molecule has 1 aromatic rings. The second kappa shape index (κ2) is 5.77. The molecule has 2 fully saturated rings. The number of nitrogens with one attached hydrogen (secondary N) is 2. The average molecular weight is 353 g/mol. The van der Waals surface area contributed by atoms with Crippen LogP contribution in [0, 0.1) is 11.8 Å². The van der Waals surface area contributed by atoms with E-state index in [1.165, 1.54) is 18.9 Å². The molecule has 1 heterocycles. The van der Waals surface area contributed by atoms with Gasteiger partial charge in [-0.2, -0.15) is 0 Å². The van der Waals surface area contributed by atoms with Gasteiger partial charge in [-0.05, 0) is 59.3 Å². The first-order valence-electron chi connectivity index (χ1n) is 7.14. The standard InChI is InChI=1S/C15H17BrN2O3/c16-11-6-2-5-10(15(20)21)12(11)18-14(19)13-9-4-1-3-8(9)7-17-13/h2,5-6,8-9,13,17H,1,3-4,7H2,(H,18,19)(H,20,21). The highest BCUT2D eigenvalue weighted by molar-refractivity contribution is 9.10. The number of carbonyl (C=O) groups excluding carboxylic acids is 1. The minimum Gasteiger partial charge on any atom is -0.478 e. The fraction of sp³-hybridized carbons (Fsp3) is 0.467. The first kappa shape index (κ1) is 14.5. The Balaban J connectivity index is 1.81. The lowest BCUT2D eigenvalue weighted by Crippen LogP contribution is -2.40. The van der Waals surface area contributed by atoms with Gasteiger partial charge in [0.2, 0.25) is 5.91 Å². The number of fused-ring (bicyclic) bond motifs is 1. The molecule has 1 amide bonds. The predicted molar refractivity (Wildman–Crippen MR) is 82.4 cm³/mol. The monoisotopic (exact) mass is 352 g/mol. The van der Waals surface area contributed by atoms with Crippen molar-refractivity contribution in [1.82, 2.24) is 5.32 Å². The number of hydrogen-bond donors (Lipinski definition) is 3. The highest BCUT2D eigenvalue weighted by Crippen LogP contribution is 2.38. The number of halogens is 1. The van der Waals surface area contributed by atoms with E-state index in [1.54, 1.807) is 12.1 Å². The molecule has 2 aliphatic rings. The van der Waals surface area contributed by atoms with Gasteiger partial charge in [0.15, 0.2) is 0 Å². The van der Waals surface area contributed by atoms with E-state index in [9.17, 15) is 14.7 Å². The van der Waals surface area contributed by atoms with E-state index in [-0.39, 0.29) is 17.5 Å². The van der Waals surface area contributed by atoms with E-state index in [2.05, 4.69) is 26.6 Å². The van der Waals surface area contributed by atoms with Gasteiger partial charge in [0, 0.05) is 4.47 Å². The Morgan fingerprint density at radius 2 is 2.14 bits per heavy atom. The molecule has 1 saturated heterocycles. The smallest absolute Gasteiger partial charge is 0.337 e. The molecular formula is C15H17BrN2O3. The number of benzene rings is 1. The van der Waals surface area contributed by atoms with Gasteiger partial charge in [-0.25, -0.2) is 4.79 Å². The minimum absolute atomic E-state index is 0.0960. The molecule has 1 aromatic carbocycles. The molecule has 5 nitrogen and oxygen atoms in total. The highest BCUT2D eigenvalue weighted by atomic mass is 79.9. The van der Waals surface area contributed by atoms with Crippen LogP contribution in [0.4, 0.5) is 5.69 Å². The maximum atomic E-state index is 12.5. The lowest BCUT2D eigenvalue weighted by molar-refractivity contribution is -0.118. The van der Waals surface area contributed by atoms with E-state index in [0.29, 0.717) is 22.0 Å². The summed E-state index contributed by atoms with van der Waals surface area (Å²) in [5.41, 5.74) is 0.428. The average Bonchev–Trinajstić information content (AvgIpc) is 3.02. The van der Waals surface area contributed by atoms with Gasteiger partial charge in [-0.1, -0.05) is 12.5 Å². The van der Waals surface area contributed by atoms with Crippen LogP contribution >= 0.6 is 15.9 Å². The Morgan fingerprint density at radius 1 is 1.33 bits per heavy atom. The third kappa shape index (κ3) is 2.70. The molecule has 3 N–H and O–H groups in total. The van der Waals surface area contributed by atoms with Crippen LogP contribution in [0.3, 0.4) is 0 Å². The summed E-state index contributed by atoms with van der Waals surface area (Å²) >= 11 is 3.31. The third-order valence-corrected chi connectivity index (χ3v) is 5.18. The zero-order valence-corrected chi connectivity index (χ0v) is 13.0. The molecule has 21 heavy (non-hydrogen) atoms. The number of hydrogen-bond acceptors (Lipinski definition) is 3. The molecule has 1 saturated carbocycles. The Hall–Kier alpha value is -1.40. The van der Waals surface area contributed by atoms with Crippen LogP contribution in [0.2, 0.25) is 0 Å². The van der Waals surface area contributed by atoms with Crippen LogP contribution in [-0.2, 0) is 4.79 Å². The van der Waals surface area contributed by atoms with Crippen molar-refractivity contribution in [3.8, 4) is 0 Å². The fourth-order valence-corrected chi connectivity index (χ4v) is 3.97. The second-order valence-corrected chi connectivity index (χ2v) is 6.55. The molecule has 0 radical (unpaired) electrons. The van der Waals surface area contributed by atoms with E-state index in [1.807, 2.05) is 0 Å². The Bertz CT molecular complexity index is 590. The first-order valence-corrected chi connectivity index (χ1v) is 7.93. The summed E-state index contributed by atoms with van der Waals surface area (Å²) < 4.78 is 0.580. The molecule has 112 valence electrons. The third-order valence-electron chi connectivity index (χ3n) is 4.52. The molecule has 0 spiro atoms. The summed E-state index contributed by atoms with van der Waals surface area (Å²) in [5, 5.41) is 15.3. The Labute approximate surface area is 131 Å². The number of carboxylic acid groups (broad SMARTS) is 1. The van der Waals surface area contributed by atoms with Gasteiger partial charge in [0.25, 0.3) is 0 Å². The van der Waals surface area contributed by atoms with E-state index >= 15 is 0 Å². The van der Waals surface area contributed by atoms with Gasteiger partial charge in [-0.15, -0.1) is 0 Å². The largest absolute Gasteiger partial charge is 0.478 e. The summed E-state index contributed by atoms with van der Waals surface area (Å²) in [6, 6.07) is 4.64. The highest BCUT2D eigenvalue weighted by Gasteiger charge is 2.42. The predicted octanol–water partition coefficient (Wildman–Crippen LogP) is 2.47. The summed E-state index contributed by atoms with van der Waals surface area (Å²) in [5.74, 6) is -0.233. The topological polar surface area (TPSA) is 78.4 Å². The molecule has 3 unspecified atom stereocenters. The first-order chi connectivity index (χ1) is 10.1. The van der Waals surface area contributed by atoms with Crippen LogP contribution in [0.5, 0.6) is 0 Å². The molecule has 1 aliphatic heterocycles. The van der Waals surface area contributed by atoms with Crippen LogP contribution < -0.4 is 10.6 Å². The van der Waals surface area contributed by atoms with Crippen molar-refractivity contribution in [3.05, 3.63) is 28.2 Å². The van der Waals surface area contributed by atoms with Crippen molar-refractivity contribution in [3.63, 3.8) is 0 Å². The Morgan fingerprint density at radius 3 is 2.90 bits per heavy atom. The molecule has 3 atom stereocenters. The summed E-state index contributed by atoms with van der Waals surface area (Å²) in [4.78, 5) is 23.8. The minimum atomic E-state index is -1.05. The van der Waals surface area contributed by atoms with Gasteiger partial charge >= 0.3 is 5.97 Å². The Kier molecular flexibility index (Phi) is 3.99. The van der Waals surface area contributed by atoms with Gasteiger partial charge in [0.05, 0.1) is 17.3 Å². The summed E-state index contributed by atoms with van der Waals surface area (Å²) in [7, 11) is 0. The maximum absolute atomic E-state index is 12.5. The van der Waals surface area contributed by atoms with Crippen LogP contribution in [0.1, 0.15) is 29.6 Å².